The van der Waals surface area contributed by atoms with Crippen molar-refractivity contribution in [2.75, 3.05) is 0 Å². The van der Waals surface area contributed by atoms with Gasteiger partial charge in [-0.05, 0) is 23.6 Å². The third-order valence-electron chi connectivity index (χ3n) is 2.72. The van der Waals surface area contributed by atoms with Gasteiger partial charge in [0.2, 0.25) is 0 Å². The average Bonchev–Trinajstić information content (AvgIpc) is 2.61. The standard InChI is InChI=1S/C14H17FN2O/c1-11(2)9-16-6-7-17(14(16)18)10-12-4-3-5-13(15)8-12/h3-8,11H,9-10H2,1-2H3. The van der Waals surface area contributed by atoms with E-state index in [1.165, 1.54) is 12.1 Å². The van der Waals surface area contributed by atoms with Crippen molar-refractivity contribution in [2.24, 2.45) is 5.92 Å². The number of imidazole rings is 1. The molecule has 0 N–H and O–H groups in total. The van der Waals surface area contributed by atoms with Crippen molar-refractivity contribution in [1.82, 2.24) is 9.13 Å². The lowest BCUT2D eigenvalue weighted by atomic mass is 10.2. The summed E-state index contributed by atoms with van der Waals surface area (Å²) in [7, 11) is 0. The summed E-state index contributed by atoms with van der Waals surface area (Å²) in [5, 5.41) is 0. The van der Waals surface area contributed by atoms with Crippen LogP contribution in [-0.2, 0) is 13.1 Å². The molecule has 0 fully saturated rings. The quantitative estimate of drug-likeness (QED) is 0.816. The second-order valence-corrected chi connectivity index (χ2v) is 4.88. The summed E-state index contributed by atoms with van der Waals surface area (Å²) in [6.07, 6.45) is 3.53. The second kappa shape index (κ2) is 5.21. The van der Waals surface area contributed by atoms with E-state index in [0.29, 0.717) is 19.0 Å². The maximum atomic E-state index is 13.1. The number of aromatic nitrogens is 2. The second-order valence-electron chi connectivity index (χ2n) is 4.88. The molecule has 0 radical (unpaired) electrons. The van der Waals surface area contributed by atoms with Gasteiger partial charge in [0.1, 0.15) is 5.82 Å². The first-order valence-electron chi connectivity index (χ1n) is 6.06. The lowest BCUT2D eigenvalue weighted by molar-refractivity contribution is 0.503. The molecule has 0 amide bonds. The Bertz CT molecular complexity index is 583. The summed E-state index contributed by atoms with van der Waals surface area (Å²) in [5.41, 5.74) is 0.743. The van der Waals surface area contributed by atoms with Gasteiger partial charge in [0.05, 0.1) is 6.54 Å². The summed E-state index contributed by atoms with van der Waals surface area (Å²) in [6.45, 7) is 5.24. The van der Waals surface area contributed by atoms with E-state index in [0.717, 1.165) is 5.56 Å². The number of benzene rings is 1. The van der Waals surface area contributed by atoms with Gasteiger partial charge >= 0.3 is 5.69 Å². The lowest BCUT2D eigenvalue weighted by Crippen LogP contribution is -2.25. The zero-order valence-corrected chi connectivity index (χ0v) is 10.6. The first kappa shape index (κ1) is 12.6. The van der Waals surface area contributed by atoms with Gasteiger partial charge in [-0.2, -0.15) is 0 Å². The van der Waals surface area contributed by atoms with E-state index in [9.17, 15) is 9.18 Å². The molecule has 1 heterocycles. The van der Waals surface area contributed by atoms with E-state index in [1.807, 2.05) is 6.07 Å². The number of hydrogen-bond donors (Lipinski definition) is 0. The van der Waals surface area contributed by atoms with Crippen molar-refractivity contribution in [1.29, 1.82) is 0 Å². The molecule has 0 spiro atoms. The predicted octanol–water partition coefficient (Wildman–Crippen LogP) is 2.49. The number of halogens is 1. The maximum Gasteiger partial charge on any atom is 0.328 e. The normalized spacial score (nSPS) is 11.1. The Morgan fingerprint density at radius 1 is 1.22 bits per heavy atom. The summed E-state index contributed by atoms with van der Waals surface area (Å²) in [6, 6.07) is 6.32. The van der Waals surface area contributed by atoms with Crippen LogP contribution < -0.4 is 5.69 Å². The number of rotatable bonds is 4. The molecule has 0 saturated carbocycles. The summed E-state index contributed by atoms with van der Waals surface area (Å²) in [5.74, 6) is 0.148. The molecular formula is C14H17FN2O. The molecule has 0 aliphatic carbocycles. The molecule has 0 bridgehead atoms. The highest BCUT2D eigenvalue weighted by molar-refractivity contribution is 5.16. The van der Waals surface area contributed by atoms with Gasteiger partial charge in [-0.25, -0.2) is 9.18 Å². The highest BCUT2D eigenvalue weighted by atomic mass is 19.1. The minimum Gasteiger partial charge on any atom is -0.299 e. The predicted molar refractivity (Wildman–Crippen MR) is 69.0 cm³/mol. The topological polar surface area (TPSA) is 26.9 Å². The van der Waals surface area contributed by atoms with E-state index in [2.05, 4.69) is 13.8 Å². The first-order chi connectivity index (χ1) is 8.56. The molecule has 2 rings (SSSR count). The SMILES string of the molecule is CC(C)Cn1ccn(Cc2cccc(F)c2)c1=O. The molecule has 0 aliphatic rings. The van der Waals surface area contributed by atoms with E-state index >= 15 is 0 Å². The van der Waals surface area contributed by atoms with Gasteiger partial charge in [0.15, 0.2) is 0 Å². The fourth-order valence-corrected chi connectivity index (χ4v) is 1.94. The number of hydrogen-bond acceptors (Lipinski definition) is 1. The maximum absolute atomic E-state index is 13.1. The Labute approximate surface area is 105 Å². The lowest BCUT2D eigenvalue weighted by Gasteiger charge is -2.05. The van der Waals surface area contributed by atoms with Gasteiger partial charge in [0.25, 0.3) is 0 Å². The average molecular weight is 248 g/mol. The summed E-state index contributed by atoms with van der Waals surface area (Å²) >= 11 is 0. The molecule has 3 nitrogen and oxygen atoms in total. The third-order valence-corrected chi connectivity index (χ3v) is 2.72. The van der Waals surface area contributed by atoms with E-state index in [-0.39, 0.29) is 11.5 Å². The highest BCUT2D eigenvalue weighted by Gasteiger charge is 2.05. The van der Waals surface area contributed by atoms with Crippen molar-refractivity contribution >= 4 is 0 Å². The van der Waals surface area contributed by atoms with Gasteiger partial charge in [0, 0.05) is 18.9 Å². The van der Waals surface area contributed by atoms with Gasteiger partial charge in [-0.1, -0.05) is 26.0 Å². The van der Waals surface area contributed by atoms with Crippen molar-refractivity contribution in [3.05, 3.63) is 58.5 Å². The van der Waals surface area contributed by atoms with E-state index < -0.39 is 0 Å². The summed E-state index contributed by atoms with van der Waals surface area (Å²) in [4.78, 5) is 12.0. The van der Waals surface area contributed by atoms with Crippen LogP contribution >= 0.6 is 0 Å². The first-order valence-corrected chi connectivity index (χ1v) is 6.06. The third kappa shape index (κ3) is 2.88. The molecular weight excluding hydrogens is 231 g/mol. The van der Waals surface area contributed by atoms with Crippen LogP contribution in [0.4, 0.5) is 4.39 Å². The van der Waals surface area contributed by atoms with Gasteiger partial charge < -0.3 is 0 Å². The molecule has 2 aromatic rings. The Hall–Kier alpha value is -1.84. The molecule has 1 aromatic carbocycles. The van der Waals surface area contributed by atoms with Crippen LogP contribution in [0.25, 0.3) is 0 Å². The van der Waals surface area contributed by atoms with Crippen LogP contribution in [-0.4, -0.2) is 9.13 Å². The Kier molecular flexibility index (Phi) is 3.65. The molecule has 1 aromatic heterocycles. The van der Waals surface area contributed by atoms with Crippen LogP contribution in [0.15, 0.2) is 41.5 Å². The zero-order chi connectivity index (χ0) is 13.1. The van der Waals surface area contributed by atoms with Crippen molar-refractivity contribution in [3.8, 4) is 0 Å². The number of nitrogens with zero attached hydrogens (tertiary/aromatic N) is 2. The van der Waals surface area contributed by atoms with Crippen LogP contribution in [0.3, 0.4) is 0 Å². The Balaban J connectivity index is 2.20. The fraction of sp³-hybridized carbons (Fsp3) is 0.357. The molecule has 4 heteroatoms. The minimum atomic E-state index is -0.276. The van der Waals surface area contributed by atoms with Crippen LogP contribution in [0.1, 0.15) is 19.4 Å². The molecule has 0 atom stereocenters. The van der Waals surface area contributed by atoms with Crippen molar-refractivity contribution in [3.63, 3.8) is 0 Å². The molecule has 0 unspecified atom stereocenters. The smallest absolute Gasteiger partial charge is 0.299 e. The Morgan fingerprint density at radius 3 is 2.61 bits per heavy atom. The van der Waals surface area contributed by atoms with Crippen LogP contribution in [0, 0.1) is 11.7 Å². The minimum absolute atomic E-state index is 0.0482. The largest absolute Gasteiger partial charge is 0.328 e. The van der Waals surface area contributed by atoms with Crippen molar-refractivity contribution in [2.45, 2.75) is 26.9 Å². The van der Waals surface area contributed by atoms with E-state index in [4.69, 9.17) is 0 Å². The zero-order valence-electron chi connectivity index (χ0n) is 10.6. The van der Waals surface area contributed by atoms with E-state index in [1.54, 1.807) is 27.6 Å². The van der Waals surface area contributed by atoms with Crippen LogP contribution in [0.5, 0.6) is 0 Å². The Morgan fingerprint density at radius 2 is 1.94 bits per heavy atom. The molecule has 18 heavy (non-hydrogen) atoms. The highest BCUT2D eigenvalue weighted by Crippen LogP contribution is 2.05. The summed E-state index contributed by atoms with van der Waals surface area (Å²) < 4.78 is 16.3. The van der Waals surface area contributed by atoms with Gasteiger partial charge in [-0.3, -0.25) is 9.13 Å². The van der Waals surface area contributed by atoms with Gasteiger partial charge in [-0.15, -0.1) is 0 Å². The fourth-order valence-electron chi connectivity index (χ4n) is 1.94. The molecule has 0 aliphatic heterocycles. The monoisotopic (exact) mass is 248 g/mol. The molecule has 96 valence electrons. The van der Waals surface area contributed by atoms with Crippen LogP contribution in [0.2, 0.25) is 0 Å². The molecule has 0 saturated heterocycles. The van der Waals surface area contributed by atoms with Crippen molar-refractivity contribution < 1.29 is 4.39 Å².